The molecule has 2 aromatic rings. The smallest absolute Gasteiger partial charge is 0.366 e. The first-order valence-corrected chi connectivity index (χ1v) is 16.5. The number of thioether (sulfide) groups is 1. The Hall–Kier alpha value is -3.53. The van der Waals surface area contributed by atoms with Gasteiger partial charge in [0.05, 0.1) is 32.0 Å². The minimum absolute atomic E-state index is 0.0271. The van der Waals surface area contributed by atoms with Gasteiger partial charge in [0.1, 0.15) is 23.7 Å². The summed E-state index contributed by atoms with van der Waals surface area (Å²) in [6.07, 6.45) is -5.11. The Labute approximate surface area is 278 Å². The largest absolute Gasteiger partial charge is 0.508 e. The summed E-state index contributed by atoms with van der Waals surface area (Å²) < 4.78 is 16.7. The number of amides is 2. The number of phenols is 1. The van der Waals surface area contributed by atoms with Crippen LogP contribution < -0.4 is 10.6 Å². The van der Waals surface area contributed by atoms with Gasteiger partial charge in [0.25, 0.3) is 11.7 Å². The van der Waals surface area contributed by atoms with Crippen molar-refractivity contribution in [3.63, 3.8) is 0 Å². The Morgan fingerprint density at radius 1 is 1.00 bits per heavy atom. The molecule has 0 bridgehead atoms. The third kappa shape index (κ3) is 11.0. The molecule has 13 nitrogen and oxygen atoms in total. The Morgan fingerprint density at radius 2 is 1.62 bits per heavy atom. The predicted octanol–water partition coefficient (Wildman–Crippen LogP) is 1.54. The molecular weight excluding hydrogens is 632 g/mol. The number of methoxy groups -OCH3 is 1. The first-order valence-electron chi connectivity index (χ1n) is 15.3. The molecule has 1 heterocycles. The molecule has 47 heavy (non-hydrogen) atoms. The summed E-state index contributed by atoms with van der Waals surface area (Å²) in [5, 5.41) is 47.7. The summed E-state index contributed by atoms with van der Waals surface area (Å²) in [7, 11) is 1.11. The molecule has 14 heteroatoms. The molecule has 2 amide bonds. The lowest BCUT2D eigenvalue weighted by molar-refractivity contribution is -0.311. The lowest BCUT2D eigenvalue weighted by atomic mass is 9.88. The second-order valence-electron chi connectivity index (χ2n) is 11.3. The number of hydrogen-bond acceptors (Lipinski definition) is 12. The van der Waals surface area contributed by atoms with Crippen LogP contribution in [0.25, 0.3) is 11.1 Å². The van der Waals surface area contributed by atoms with Crippen molar-refractivity contribution in [3.05, 3.63) is 54.1 Å². The highest BCUT2D eigenvalue weighted by Gasteiger charge is 2.56. The number of carbonyl (C=O) groups is 4. The lowest BCUT2D eigenvalue weighted by Crippen LogP contribution is -2.68. The van der Waals surface area contributed by atoms with Crippen LogP contribution in [0.5, 0.6) is 5.75 Å². The lowest BCUT2D eigenvalue weighted by Gasteiger charge is -2.47. The maximum Gasteiger partial charge on any atom is 0.366 e. The fourth-order valence-electron chi connectivity index (χ4n) is 5.13. The third-order valence-electron chi connectivity index (χ3n) is 7.58. The van der Waals surface area contributed by atoms with Crippen LogP contribution in [0, 0.1) is 0 Å². The van der Waals surface area contributed by atoms with Crippen LogP contribution in [0.1, 0.15) is 49.9 Å². The molecule has 3 rings (SSSR count). The van der Waals surface area contributed by atoms with Crippen molar-refractivity contribution in [2.24, 2.45) is 0 Å². The zero-order valence-electron chi connectivity index (χ0n) is 26.7. The second kappa shape index (κ2) is 18.1. The van der Waals surface area contributed by atoms with E-state index < -0.39 is 67.0 Å². The highest BCUT2D eigenvalue weighted by Crippen LogP contribution is 2.34. The molecular formula is C33H44N2O11S. The van der Waals surface area contributed by atoms with Gasteiger partial charge >= 0.3 is 5.97 Å². The summed E-state index contributed by atoms with van der Waals surface area (Å²) in [6.45, 7) is 2.33. The molecule has 0 radical (unpaired) electrons. The number of nitrogens with one attached hydrogen (secondary N) is 2. The monoisotopic (exact) mass is 676 g/mol. The molecule has 1 saturated heterocycles. The molecule has 1 aliphatic rings. The number of phenolic OH excluding ortho intramolecular Hbond substituents is 1. The molecule has 0 aromatic heterocycles. The van der Waals surface area contributed by atoms with Gasteiger partial charge < -0.3 is 50.1 Å². The number of ether oxygens (including phenoxy) is 3. The maximum absolute atomic E-state index is 13.0. The van der Waals surface area contributed by atoms with E-state index in [2.05, 4.69) is 10.6 Å². The quantitative estimate of drug-likeness (QED) is 0.104. The summed E-state index contributed by atoms with van der Waals surface area (Å²) in [5.74, 6) is -2.50. The van der Waals surface area contributed by atoms with Crippen molar-refractivity contribution in [1.29, 1.82) is 0 Å². The van der Waals surface area contributed by atoms with E-state index in [4.69, 9.17) is 14.2 Å². The van der Waals surface area contributed by atoms with Gasteiger partial charge in [-0.25, -0.2) is 4.79 Å². The summed E-state index contributed by atoms with van der Waals surface area (Å²) >= 11 is 1.62. The average Bonchev–Trinajstić information content (AvgIpc) is 3.05. The van der Waals surface area contributed by atoms with Crippen LogP contribution in [0.15, 0.2) is 48.5 Å². The van der Waals surface area contributed by atoms with E-state index >= 15 is 0 Å². The van der Waals surface area contributed by atoms with E-state index in [1.165, 1.54) is 6.92 Å². The standard InChI is InChI=1S/C33H44N2O11S/c1-20(36)6-4-16-47-17-5-15-45-33(32(43)44-3)18-26(39)28(35-21(2)37)30(46-33)29(41)27(40)19-34-31(42)24-9-7-22(8-10-24)23-11-13-25(38)14-12-23/h7-14,26-30,38-41H,4-6,15-19H2,1-3H3,(H,34,42)(H,35,37)/t26-,27+,28+,29+,30+,33+/m0/s1. The number of aliphatic hydroxyl groups excluding tert-OH is 3. The average molecular weight is 677 g/mol. The van der Waals surface area contributed by atoms with E-state index in [1.807, 2.05) is 0 Å². The van der Waals surface area contributed by atoms with Crippen molar-refractivity contribution in [1.82, 2.24) is 10.6 Å². The summed E-state index contributed by atoms with van der Waals surface area (Å²) in [4.78, 5) is 48.9. The highest BCUT2D eigenvalue weighted by molar-refractivity contribution is 7.99. The van der Waals surface area contributed by atoms with E-state index in [0.29, 0.717) is 18.6 Å². The van der Waals surface area contributed by atoms with Gasteiger partial charge in [-0.1, -0.05) is 24.3 Å². The number of aromatic hydroxyl groups is 1. The van der Waals surface area contributed by atoms with Crippen molar-refractivity contribution in [3.8, 4) is 16.9 Å². The first-order chi connectivity index (χ1) is 22.4. The molecule has 1 fully saturated rings. The highest BCUT2D eigenvalue weighted by atomic mass is 32.2. The molecule has 0 spiro atoms. The van der Waals surface area contributed by atoms with E-state index in [1.54, 1.807) is 67.2 Å². The van der Waals surface area contributed by atoms with Gasteiger partial charge in [0, 0.05) is 31.9 Å². The molecule has 1 aliphatic heterocycles. The minimum atomic E-state index is -2.14. The van der Waals surface area contributed by atoms with Crippen LogP contribution in [0.2, 0.25) is 0 Å². The Bertz CT molecular complexity index is 1340. The second-order valence-corrected chi connectivity index (χ2v) is 12.6. The van der Waals surface area contributed by atoms with E-state index in [9.17, 15) is 39.6 Å². The van der Waals surface area contributed by atoms with Crippen molar-refractivity contribution in [2.45, 2.75) is 75.8 Å². The summed E-state index contributed by atoms with van der Waals surface area (Å²) in [5.41, 5.74) is 1.93. The number of esters is 1. The zero-order chi connectivity index (χ0) is 34.6. The molecule has 0 unspecified atom stereocenters. The SMILES string of the molecule is COC(=O)[C@@]1(OCCCSCCCC(C)=O)C[C@H](O)[C@@H](NC(C)=O)[C@H]([C@H](O)[C@H](O)CNC(=O)c2ccc(-c3ccc(O)cc3)cc2)O1. The maximum atomic E-state index is 13.0. The van der Waals surface area contributed by atoms with Crippen molar-refractivity contribution >= 4 is 35.3 Å². The van der Waals surface area contributed by atoms with E-state index in [0.717, 1.165) is 30.4 Å². The summed E-state index contributed by atoms with van der Waals surface area (Å²) in [6, 6.07) is 12.0. The van der Waals surface area contributed by atoms with Crippen LogP contribution >= 0.6 is 11.8 Å². The van der Waals surface area contributed by atoms with E-state index in [-0.39, 0.29) is 23.7 Å². The number of carbonyl (C=O) groups excluding carboxylic acids is 4. The normalized spacial score (nSPS) is 22.1. The van der Waals surface area contributed by atoms with Gasteiger partial charge in [-0.2, -0.15) is 11.8 Å². The number of ketones is 1. The van der Waals surface area contributed by atoms with Crippen LogP contribution in [-0.2, 0) is 28.6 Å². The third-order valence-corrected chi connectivity index (χ3v) is 8.73. The van der Waals surface area contributed by atoms with Crippen LogP contribution in [0.4, 0.5) is 0 Å². The number of Topliss-reactive ketones (excluding diaryl/α,β-unsaturated/α-hetero) is 1. The molecule has 6 atom stereocenters. The molecule has 6 N–H and O–H groups in total. The van der Waals surface area contributed by atoms with Crippen molar-refractivity contribution in [2.75, 3.05) is 31.8 Å². The number of aliphatic hydroxyl groups is 3. The van der Waals surface area contributed by atoms with Gasteiger partial charge in [0.15, 0.2) is 0 Å². The number of rotatable bonds is 17. The fourth-order valence-corrected chi connectivity index (χ4v) is 6.00. The first kappa shape index (κ1) is 37.9. The Morgan fingerprint density at radius 3 is 2.21 bits per heavy atom. The number of hydrogen-bond donors (Lipinski definition) is 6. The predicted molar refractivity (Wildman–Crippen MR) is 174 cm³/mol. The van der Waals surface area contributed by atoms with Crippen molar-refractivity contribution < 1.29 is 53.8 Å². The zero-order valence-corrected chi connectivity index (χ0v) is 27.5. The molecule has 258 valence electrons. The molecule has 2 aromatic carbocycles. The minimum Gasteiger partial charge on any atom is -0.508 e. The molecule has 0 aliphatic carbocycles. The van der Waals surface area contributed by atoms with Crippen LogP contribution in [0.3, 0.4) is 0 Å². The van der Waals surface area contributed by atoms with Crippen LogP contribution in [-0.4, -0.2) is 112 Å². The molecule has 0 saturated carbocycles. The fraction of sp³-hybridized carbons (Fsp3) is 0.515. The van der Waals surface area contributed by atoms with Gasteiger partial charge in [0.2, 0.25) is 5.91 Å². The van der Waals surface area contributed by atoms with Gasteiger partial charge in [-0.15, -0.1) is 0 Å². The number of benzene rings is 2. The Kier molecular flexibility index (Phi) is 14.6. The van der Waals surface area contributed by atoms with Gasteiger partial charge in [-0.3, -0.25) is 9.59 Å². The van der Waals surface area contributed by atoms with Gasteiger partial charge in [-0.05, 0) is 66.7 Å². The Balaban J connectivity index is 1.66. The topological polar surface area (TPSA) is 201 Å².